The van der Waals surface area contributed by atoms with Gasteiger partial charge in [0.05, 0.1) is 24.2 Å². The largest absolute Gasteiger partial charge is 0.393 e. The predicted octanol–water partition coefficient (Wildman–Crippen LogP) is 3.26. The van der Waals surface area contributed by atoms with Crippen LogP contribution in [0, 0.1) is 5.82 Å². The molecule has 4 N–H and O–H groups in total. The molecule has 0 unspecified atom stereocenters. The summed E-state index contributed by atoms with van der Waals surface area (Å²) < 4.78 is 45.7. The van der Waals surface area contributed by atoms with Crippen molar-refractivity contribution in [2.75, 3.05) is 48.8 Å². The van der Waals surface area contributed by atoms with Crippen LogP contribution >= 0.6 is 0 Å². The lowest BCUT2D eigenvalue weighted by Gasteiger charge is -2.27. The Morgan fingerprint density at radius 1 is 1.02 bits per heavy atom. The van der Waals surface area contributed by atoms with Crippen LogP contribution in [0.2, 0.25) is 0 Å². The molecule has 3 aromatic rings. The number of hydrogen-bond acceptors (Lipinski definition) is 9. The number of anilines is 3. The summed E-state index contributed by atoms with van der Waals surface area (Å²) in [5, 5.41) is 19.2. The number of nitrogens with one attached hydrogen (secondary N) is 3. The Kier molecular flexibility index (Phi) is 9.62. The minimum atomic E-state index is -3.65. The number of rotatable bonds is 10. The lowest BCUT2D eigenvalue weighted by molar-refractivity contribution is 0.0730. The molecule has 2 fully saturated rings. The zero-order chi connectivity index (χ0) is 29.5. The van der Waals surface area contributed by atoms with Crippen molar-refractivity contribution in [1.29, 1.82) is 0 Å². The standard InChI is InChI=1S/C29H35FN6O5S/c30-21-3-1-20(2-4-21)13-14-31-29-32-19-26(27(35-29)33-22-5-9-24(37)10-6-22)28(38)34-23-7-11-25(12-8-23)42(39,40)36-15-17-41-18-16-36/h1-4,7-8,11-12,19,22,24,37H,5-6,9-10,13-18H2,(H,34,38)(H2,31,32,33,35). The Morgan fingerprint density at radius 3 is 2.40 bits per heavy atom. The summed E-state index contributed by atoms with van der Waals surface area (Å²) in [5.74, 6) is -0.0387. The second-order valence-electron chi connectivity index (χ2n) is 10.4. The summed E-state index contributed by atoms with van der Waals surface area (Å²) in [6.45, 7) is 1.82. The van der Waals surface area contributed by atoms with Crippen molar-refractivity contribution in [1.82, 2.24) is 14.3 Å². The highest BCUT2D eigenvalue weighted by Crippen LogP contribution is 2.25. The summed E-state index contributed by atoms with van der Waals surface area (Å²) >= 11 is 0. The zero-order valence-electron chi connectivity index (χ0n) is 23.1. The highest BCUT2D eigenvalue weighted by atomic mass is 32.2. The van der Waals surface area contributed by atoms with Crippen molar-refractivity contribution in [3.05, 3.63) is 71.7 Å². The third-order valence-corrected chi connectivity index (χ3v) is 9.31. The molecule has 1 saturated heterocycles. The molecule has 2 aromatic carbocycles. The Bertz CT molecular complexity index is 1460. The van der Waals surface area contributed by atoms with E-state index in [1.54, 1.807) is 24.3 Å². The SMILES string of the molecule is O=C(Nc1ccc(S(=O)(=O)N2CCOCC2)cc1)c1cnc(NCCc2ccc(F)cc2)nc1NC1CCC(O)CC1. The van der Waals surface area contributed by atoms with Crippen LogP contribution in [0.4, 0.5) is 21.8 Å². The number of amides is 1. The normalized spacial score (nSPS) is 19.7. The highest BCUT2D eigenvalue weighted by molar-refractivity contribution is 7.89. The summed E-state index contributed by atoms with van der Waals surface area (Å²) in [4.78, 5) is 22.4. The molecule has 2 heterocycles. The number of carbonyl (C=O) groups excluding carboxylic acids is 1. The second-order valence-corrected chi connectivity index (χ2v) is 12.3. The molecule has 1 aliphatic carbocycles. The van der Waals surface area contributed by atoms with Gasteiger partial charge in [-0.15, -0.1) is 0 Å². The van der Waals surface area contributed by atoms with Crippen molar-refractivity contribution in [3.8, 4) is 0 Å². The summed E-state index contributed by atoms with van der Waals surface area (Å²) in [7, 11) is -3.65. The van der Waals surface area contributed by atoms with Crippen molar-refractivity contribution in [2.24, 2.45) is 0 Å². The number of aliphatic hydroxyl groups is 1. The third kappa shape index (κ3) is 7.59. The van der Waals surface area contributed by atoms with Crippen LogP contribution in [0.15, 0.2) is 59.6 Å². The average Bonchev–Trinajstić information content (AvgIpc) is 3.00. The summed E-state index contributed by atoms with van der Waals surface area (Å²) in [6, 6.07) is 12.3. The molecule has 0 atom stereocenters. The minimum absolute atomic E-state index is 0.0339. The molecular weight excluding hydrogens is 563 g/mol. The molecule has 1 aromatic heterocycles. The number of aliphatic hydroxyl groups excluding tert-OH is 1. The van der Waals surface area contributed by atoms with E-state index in [4.69, 9.17) is 4.74 Å². The molecule has 224 valence electrons. The Morgan fingerprint density at radius 2 is 1.71 bits per heavy atom. The third-order valence-electron chi connectivity index (χ3n) is 7.40. The van der Waals surface area contributed by atoms with Crippen molar-refractivity contribution in [2.45, 2.75) is 49.1 Å². The Balaban J connectivity index is 1.28. The van der Waals surface area contributed by atoms with E-state index in [1.807, 2.05) is 0 Å². The maximum Gasteiger partial charge on any atom is 0.260 e. The number of aromatic nitrogens is 2. The van der Waals surface area contributed by atoms with Gasteiger partial charge in [0.15, 0.2) is 0 Å². The molecule has 13 heteroatoms. The van der Waals surface area contributed by atoms with Gasteiger partial charge in [-0.05, 0) is 74.1 Å². The maximum absolute atomic E-state index is 13.3. The number of carbonyl (C=O) groups is 1. The Hall–Kier alpha value is -3.65. The fraction of sp³-hybridized carbons (Fsp3) is 0.414. The highest BCUT2D eigenvalue weighted by Gasteiger charge is 2.27. The first kappa shape index (κ1) is 29.8. The number of nitrogens with zero attached hydrogens (tertiary/aromatic N) is 3. The van der Waals surface area contributed by atoms with E-state index in [1.165, 1.54) is 34.8 Å². The van der Waals surface area contributed by atoms with Gasteiger partial charge < -0.3 is 25.8 Å². The first-order chi connectivity index (χ1) is 20.3. The van der Waals surface area contributed by atoms with Gasteiger partial charge in [-0.2, -0.15) is 9.29 Å². The van der Waals surface area contributed by atoms with E-state index in [0.717, 1.165) is 18.4 Å². The fourth-order valence-electron chi connectivity index (χ4n) is 4.97. The first-order valence-corrected chi connectivity index (χ1v) is 15.5. The van der Waals surface area contributed by atoms with E-state index in [9.17, 15) is 22.7 Å². The molecular formula is C29H35FN6O5S. The van der Waals surface area contributed by atoms with Crippen LogP contribution in [0.1, 0.15) is 41.6 Å². The Labute approximate surface area is 244 Å². The van der Waals surface area contributed by atoms with Gasteiger partial charge in [-0.3, -0.25) is 4.79 Å². The lowest BCUT2D eigenvalue weighted by Crippen LogP contribution is -2.40. The van der Waals surface area contributed by atoms with Crippen LogP contribution in [0.5, 0.6) is 0 Å². The van der Waals surface area contributed by atoms with Gasteiger partial charge in [-0.1, -0.05) is 12.1 Å². The van der Waals surface area contributed by atoms with Crippen LogP contribution < -0.4 is 16.0 Å². The van der Waals surface area contributed by atoms with Crippen LogP contribution in [0.25, 0.3) is 0 Å². The molecule has 0 bridgehead atoms. The number of sulfonamides is 1. The smallest absolute Gasteiger partial charge is 0.260 e. The van der Waals surface area contributed by atoms with E-state index >= 15 is 0 Å². The van der Waals surface area contributed by atoms with Crippen LogP contribution in [-0.4, -0.2) is 78.7 Å². The molecule has 1 amide bonds. The zero-order valence-corrected chi connectivity index (χ0v) is 23.9. The topological polar surface area (TPSA) is 146 Å². The number of ether oxygens (including phenoxy) is 1. The predicted molar refractivity (Wildman–Crippen MR) is 156 cm³/mol. The average molecular weight is 599 g/mol. The number of halogens is 1. The molecule has 5 rings (SSSR count). The monoisotopic (exact) mass is 598 g/mol. The van der Waals surface area contributed by atoms with E-state index in [0.29, 0.717) is 69.6 Å². The van der Waals surface area contributed by atoms with Gasteiger partial charge >= 0.3 is 0 Å². The van der Waals surface area contributed by atoms with Gasteiger partial charge in [0, 0.05) is 37.6 Å². The van der Waals surface area contributed by atoms with Gasteiger partial charge in [0.1, 0.15) is 17.2 Å². The van der Waals surface area contributed by atoms with Gasteiger partial charge in [0.2, 0.25) is 16.0 Å². The molecule has 2 aliphatic rings. The van der Waals surface area contributed by atoms with E-state index in [2.05, 4.69) is 25.9 Å². The van der Waals surface area contributed by atoms with Crippen molar-refractivity contribution in [3.63, 3.8) is 0 Å². The van der Waals surface area contributed by atoms with Crippen molar-refractivity contribution < 1.29 is 27.4 Å². The first-order valence-electron chi connectivity index (χ1n) is 14.1. The number of morpholine rings is 1. The maximum atomic E-state index is 13.3. The summed E-state index contributed by atoms with van der Waals surface area (Å²) in [6.07, 6.45) is 4.54. The molecule has 1 saturated carbocycles. The van der Waals surface area contributed by atoms with E-state index < -0.39 is 15.9 Å². The second kappa shape index (κ2) is 13.6. The van der Waals surface area contributed by atoms with Gasteiger partial charge in [0.25, 0.3) is 5.91 Å². The molecule has 42 heavy (non-hydrogen) atoms. The number of benzene rings is 2. The molecule has 11 nitrogen and oxygen atoms in total. The molecule has 1 aliphatic heterocycles. The fourth-order valence-corrected chi connectivity index (χ4v) is 6.38. The quantitative estimate of drug-likeness (QED) is 0.276. The van der Waals surface area contributed by atoms with Gasteiger partial charge in [-0.25, -0.2) is 17.8 Å². The van der Waals surface area contributed by atoms with Crippen LogP contribution in [-0.2, 0) is 21.2 Å². The lowest BCUT2D eigenvalue weighted by atomic mass is 9.93. The molecule has 0 spiro atoms. The number of hydrogen-bond donors (Lipinski definition) is 4. The van der Waals surface area contributed by atoms with Crippen molar-refractivity contribution >= 4 is 33.4 Å². The van der Waals surface area contributed by atoms with E-state index in [-0.39, 0.29) is 28.4 Å². The summed E-state index contributed by atoms with van der Waals surface area (Å²) in [5.41, 5.74) is 1.62. The molecule has 0 radical (unpaired) electrons. The minimum Gasteiger partial charge on any atom is -0.393 e. The van der Waals surface area contributed by atoms with Crippen LogP contribution in [0.3, 0.4) is 0 Å².